The molecule has 0 aliphatic heterocycles. The van der Waals surface area contributed by atoms with E-state index in [1.54, 1.807) is 0 Å². The Kier molecular flexibility index (Phi) is 6.01. The van der Waals surface area contributed by atoms with Crippen LogP contribution in [-0.4, -0.2) is 27.4 Å². The Bertz CT molecular complexity index is 761. The predicted octanol–water partition coefficient (Wildman–Crippen LogP) is 4.47. The van der Waals surface area contributed by atoms with Gasteiger partial charge in [-0.25, -0.2) is 0 Å². The topological polar surface area (TPSA) is 68.0 Å². The lowest BCUT2D eigenvalue weighted by Gasteiger charge is -2.35. The zero-order valence-electron chi connectivity index (χ0n) is 15.9. The van der Waals surface area contributed by atoms with Gasteiger partial charge in [-0.15, -0.1) is 10.2 Å². The number of thioether (sulfide) groups is 1. The zero-order chi connectivity index (χ0) is 18.7. The van der Waals surface area contributed by atoms with E-state index in [-0.39, 0.29) is 17.2 Å². The van der Waals surface area contributed by atoms with E-state index in [1.807, 2.05) is 38.1 Å². The standard InChI is InChI=1S/C20H27N3O2S/c1-12-9-7-11-17(14(12)3)21-18(24)15(4)26-20-23-22-19(25-20)16-10-6-5-8-13(16)2/h5-6,8,10,12,14-15,17H,7,9,11H2,1-4H3,(H,21,24)/t12-,14-,15+,17-/m0/s1. The first-order valence-electron chi connectivity index (χ1n) is 9.32. The van der Waals surface area contributed by atoms with E-state index in [0.717, 1.165) is 17.5 Å². The van der Waals surface area contributed by atoms with Gasteiger partial charge in [0.05, 0.1) is 5.25 Å². The van der Waals surface area contributed by atoms with Gasteiger partial charge in [-0.2, -0.15) is 0 Å². The third-order valence-electron chi connectivity index (χ3n) is 5.46. The van der Waals surface area contributed by atoms with Gasteiger partial charge in [0, 0.05) is 11.6 Å². The number of aromatic nitrogens is 2. The van der Waals surface area contributed by atoms with Crippen LogP contribution >= 0.6 is 11.8 Å². The summed E-state index contributed by atoms with van der Waals surface area (Å²) in [4.78, 5) is 12.6. The molecule has 4 atom stereocenters. The SMILES string of the molecule is Cc1ccccc1-c1nnc(S[C@H](C)C(=O)N[C@H]2CCC[C@H](C)[C@@H]2C)o1. The van der Waals surface area contributed by atoms with Crippen LogP contribution in [-0.2, 0) is 4.79 Å². The Hall–Kier alpha value is -1.82. The summed E-state index contributed by atoms with van der Waals surface area (Å²) in [5.74, 6) is 1.70. The second-order valence-corrected chi connectivity index (χ2v) is 8.62. The molecule has 1 aromatic heterocycles. The summed E-state index contributed by atoms with van der Waals surface area (Å²) < 4.78 is 5.76. The van der Waals surface area contributed by atoms with Crippen LogP contribution in [0.25, 0.3) is 11.5 Å². The molecular weight excluding hydrogens is 346 g/mol. The van der Waals surface area contributed by atoms with E-state index in [4.69, 9.17) is 4.42 Å². The summed E-state index contributed by atoms with van der Waals surface area (Å²) in [6, 6.07) is 8.15. The molecule has 1 fully saturated rings. The van der Waals surface area contributed by atoms with Crippen molar-refractivity contribution in [1.29, 1.82) is 0 Å². The monoisotopic (exact) mass is 373 g/mol. The summed E-state index contributed by atoms with van der Waals surface area (Å²) in [7, 11) is 0. The molecule has 5 nitrogen and oxygen atoms in total. The molecule has 140 valence electrons. The number of amides is 1. The molecule has 1 amide bonds. The number of carbonyl (C=O) groups excluding carboxylic acids is 1. The maximum Gasteiger partial charge on any atom is 0.277 e. The minimum absolute atomic E-state index is 0.0385. The van der Waals surface area contributed by atoms with Crippen LogP contribution < -0.4 is 5.32 Å². The fourth-order valence-corrected chi connectivity index (χ4v) is 4.16. The normalized spacial score (nSPS) is 24.2. The molecule has 1 aliphatic carbocycles. The molecule has 1 saturated carbocycles. The van der Waals surface area contributed by atoms with E-state index in [2.05, 4.69) is 29.4 Å². The van der Waals surface area contributed by atoms with Gasteiger partial charge >= 0.3 is 0 Å². The lowest BCUT2D eigenvalue weighted by atomic mass is 9.78. The Morgan fingerprint density at radius 1 is 1.27 bits per heavy atom. The highest BCUT2D eigenvalue weighted by Gasteiger charge is 2.30. The van der Waals surface area contributed by atoms with Crippen LogP contribution in [0.1, 0.15) is 45.6 Å². The van der Waals surface area contributed by atoms with Gasteiger partial charge in [0.25, 0.3) is 5.22 Å². The molecule has 1 heterocycles. The second-order valence-electron chi connectivity index (χ2n) is 7.33. The van der Waals surface area contributed by atoms with Crippen molar-refractivity contribution in [2.75, 3.05) is 0 Å². The Morgan fingerprint density at radius 3 is 2.81 bits per heavy atom. The van der Waals surface area contributed by atoms with Crippen molar-refractivity contribution in [3.05, 3.63) is 29.8 Å². The summed E-state index contributed by atoms with van der Waals surface area (Å²) in [6.07, 6.45) is 3.50. The average molecular weight is 374 g/mol. The van der Waals surface area contributed by atoms with Gasteiger partial charge in [-0.3, -0.25) is 4.79 Å². The molecule has 1 aliphatic rings. The summed E-state index contributed by atoms with van der Waals surface area (Å²) in [5, 5.41) is 11.6. The minimum Gasteiger partial charge on any atom is -0.411 e. The highest BCUT2D eigenvalue weighted by atomic mass is 32.2. The van der Waals surface area contributed by atoms with Gasteiger partial charge in [0.2, 0.25) is 11.8 Å². The molecule has 1 N–H and O–H groups in total. The fourth-order valence-electron chi connectivity index (χ4n) is 3.47. The van der Waals surface area contributed by atoms with E-state index in [0.29, 0.717) is 22.9 Å². The van der Waals surface area contributed by atoms with Crippen LogP contribution in [0.3, 0.4) is 0 Å². The number of nitrogens with one attached hydrogen (secondary N) is 1. The first-order valence-corrected chi connectivity index (χ1v) is 10.2. The van der Waals surface area contributed by atoms with Crippen molar-refractivity contribution >= 4 is 17.7 Å². The van der Waals surface area contributed by atoms with Gasteiger partial charge in [-0.05, 0) is 43.7 Å². The lowest BCUT2D eigenvalue weighted by Crippen LogP contribution is -2.46. The molecule has 26 heavy (non-hydrogen) atoms. The van der Waals surface area contributed by atoms with Crippen molar-refractivity contribution in [2.24, 2.45) is 11.8 Å². The number of hydrogen-bond donors (Lipinski definition) is 1. The summed E-state index contributed by atoms with van der Waals surface area (Å²) >= 11 is 1.31. The number of aryl methyl sites for hydroxylation is 1. The average Bonchev–Trinajstić information content (AvgIpc) is 3.07. The van der Waals surface area contributed by atoms with Crippen molar-refractivity contribution in [3.8, 4) is 11.5 Å². The molecule has 2 aromatic rings. The third-order valence-corrected chi connectivity index (χ3v) is 6.40. The molecular formula is C20H27N3O2S. The van der Waals surface area contributed by atoms with Crippen molar-refractivity contribution in [3.63, 3.8) is 0 Å². The Morgan fingerprint density at radius 2 is 2.04 bits per heavy atom. The number of hydrogen-bond acceptors (Lipinski definition) is 5. The number of rotatable bonds is 5. The van der Waals surface area contributed by atoms with Gasteiger partial charge in [0.15, 0.2) is 0 Å². The number of carbonyl (C=O) groups is 1. The van der Waals surface area contributed by atoms with Crippen molar-refractivity contribution in [1.82, 2.24) is 15.5 Å². The first-order chi connectivity index (χ1) is 12.5. The number of nitrogens with zero attached hydrogens (tertiary/aromatic N) is 2. The van der Waals surface area contributed by atoms with Gasteiger partial charge < -0.3 is 9.73 Å². The van der Waals surface area contributed by atoms with E-state index in [1.165, 1.54) is 24.6 Å². The quantitative estimate of drug-likeness (QED) is 0.783. The predicted molar refractivity (Wildman–Crippen MR) is 104 cm³/mol. The molecule has 0 spiro atoms. The van der Waals surface area contributed by atoms with Gasteiger partial charge in [-0.1, -0.05) is 56.7 Å². The largest absolute Gasteiger partial charge is 0.411 e. The lowest BCUT2D eigenvalue weighted by molar-refractivity contribution is -0.121. The first kappa shape index (κ1) is 19.0. The number of benzene rings is 1. The molecule has 0 radical (unpaired) electrons. The maximum atomic E-state index is 12.6. The van der Waals surface area contributed by atoms with Crippen molar-refractivity contribution in [2.45, 2.75) is 63.5 Å². The summed E-state index contributed by atoms with van der Waals surface area (Å²) in [5.41, 5.74) is 2.01. The smallest absolute Gasteiger partial charge is 0.277 e. The molecule has 6 heteroatoms. The molecule has 3 rings (SSSR count). The molecule has 0 unspecified atom stereocenters. The molecule has 0 saturated heterocycles. The van der Waals surface area contributed by atoms with E-state index >= 15 is 0 Å². The third kappa shape index (κ3) is 4.29. The summed E-state index contributed by atoms with van der Waals surface area (Å²) in [6.45, 7) is 8.40. The van der Waals surface area contributed by atoms with Crippen LogP contribution in [0.15, 0.2) is 33.9 Å². The maximum absolute atomic E-state index is 12.6. The van der Waals surface area contributed by atoms with Crippen LogP contribution in [0.2, 0.25) is 0 Å². The minimum atomic E-state index is -0.274. The van der Waals surface area contributed by atoms with E-state index < -0.39 is 0 Å². The Labute approximate surface area is 159 Å². The van der Waals surface area contributed by atoms with Crippen LogP contribution in [0, 0.1) is 18.8 Å². The highest BCUT2D eigenvalue weighted by Crippen LogP contribution is 2.31. The van der Waals surface area contributed by atoms with E-state index in [9.17, 15) is 4.79 Å². The molecule has 1 aromatic carbocycles. The fraction of sp³-hybridized carbons (Fsp3) is 0.550. The van der Waals surface area contributed by atoms with Crippen LogP contribution in [0.5, 0.6) is 0 Å². The second kappa shape index (κ2) is 8.25. The zero-order valence-corrected chi connectivity index (χ0v) is 16.7. The molecule has 0 bridgehead atoms. The van der Waals surface area contributed by atoms with Gasteiger partial charge in [0.1, 0.15) is 0 Å². The van der Waals surface area contributed by atoms with Crippen LogP contribution in [0.4, 0.5) is 0 Å². The Balaban J connectivity index is 1.60. The van der Waals surface area contributed by atoms with Crippen molar-refractivity contribution < 1.29 is 9.21 Å². The highest BCUT2D eigenvalue weighted by molar-refractivity contribution is 8.00.